The Kier molecular flexibility index (Phi) is 10.5. The van der Waals surface area contributed by atoms with Crippen LogP contribution in [-0.4, -0.2) is 43.8 Å². The van der Waals surface area contributed by atoms with Gasteiger partial charge in [0, 0.05) is 21.5 Å². The SMILES string of the molecule is CC[C@@H](C)NC(=O)[C@H](C)N(Cc1cccc(Br)c1)C(=O)CN(c1ccc(Br)cc1)S(=O)(=O)c1ccccc1. The molecule has 10 heteroatoms. The maximum Gasteiger partial charge on any atom is 0.264 e. The van der Waals surface area contributed by atoms with Gasteiger partial charge in [0.05, 0.1) is 10.6 Å². The molecule has 0 radical (unpaired) electrons. The Morgan fingerprint density at radius 1 is 0.895 bits per heavy atom. The van der Waals surface area contributed by atoms with Crippen molar-refractivity contribution in [1.82, 2.24) is 10.2 Å². The minimum Gasteiger partial charge on any atom is -0.352 e. The number of anilines is 1. The maximum atomic E-state index is 13.9. The molecule has 0 saturated heterocycles. The second-order valence-corrected chi connectivity index (χ2v) is 12.6. The van der Waals surface area contributed by atoms with Crippen LogP contribution in [0.5, 0.6) is 0 Å². The van der Waals surface area contributed by atoms with Gasteiger partial charge in [0.1, 0.15) is 12.6 Å². The van der Waals surface area contributed by atoms with Crippen molar-refractivity contribution in [3.63, 3.8) is 0 Å². The number of nitrogens with zero attached hydrogens (tertiary/aromatic N) is 2. The standard InChI is InChI=1S/C28H31Br2N3O4S/c1-4-20(2)31-28(35)21(3)32(18-22-9-8-10-24(30)17-22)27(34)19-33(25-15-13-23(29)14-16-25)38(36,37)26-11-6-5-7-12-26/h5-17,20-21H,4,18-19H2,1-3H3,(H,31,35)/t20-,21+/m1/s1. The Morgan fingerprint density at radius 3 is 2.16 bits per heavy atom. The zero-order valence-corrected chi connectivity index (χ0v) is 25.5. The number of nitrogens with one attached hydrogen (secondary N) is 1. The van der Waals surface area contributed by atoms with Crippen LogP contribution in [-0.2, 0) is 26.2 Å². The van der Waals surface area contributed by atoms with Crippen LogP contribution in [0.2, 0.25) is 0 Å². The van der Waals surface area contributed by atoms with E-state index in [4.69, 9.17) is 0 Å². The van der Waals surface area contributed by atoms with Crippen molar-refractivity contribution in [3.05, 3.63) is 93.4 Å². The third-order valence-electron chi connectivity index (χ3n) is 6.13. The molecule has 3 rings (SSSR count). The molecule has 3 aromatic carbocycles. The van der Waals surface area contributed by atoms with Crippen molar-refractivity contribution < 1.29 is 18.0 Å². The molecule has 0 spiro atoms. The zero-order valence-electron chi connectivity index (χ0n) is 21.5. The van der Waals surface area contributed by atoms with Crippen LogP contribution in [0.4, 0.5) is 5.69 Å². The van der Waals surface area contributed by atoms with Crippen LogP contribution >= 0.6 is 31.9 Å². The molecule has 3 aromatic rings. The maximum absolute atomic E-state index is 13.9. The van der Waals surface area contributed by atoms with Crippen molar-refractivity contribution in [1.29, 1.82) is 0 Å². The molecule has 38 heavy (non-hydrogen) atoms. The van der Waals surface area contributed by atoms with Crippen LogP contribution in [0.3, 0.4) is 0 Å². The Hall–Kier alpha value is -2.69. The van der Waals surface area contributed by atoms with Crippen molar-refractivity contribution in [2.24, 2.45) is 0 Å². The Labute approximate surface area is 241 Å². The number of amides is 2. The predicted molar refractivity (Wildman–Crippen MR) is 157 cm³/mol. The highest BCUT2D eigenvalue weighted by Crippen LogP contribution is 2.26. The molecule has 0 saturated carbocycles. The first-order chi connectivity index (χ1) is 18.0. The van der Waals surface area contributed by atoms with Gasteiger partial charge in [0.15, 0.2) is 0 Å². The minimum absolute atomic E-state index is 0.0644. The smallest absolute Gasteiger partial charge is 0.264 e. The fourth-order valence-electron chi connectivity index (χ4n) is 3.74. The molecule has 0 unspecified atom stereocenters. The zero-order chi connectivity index (χ0) is 27.9. The lowest BCUT2D eigenvalue weighted by atomic mass is 10.1. The van der Waals surface area contributed by atoms with E-state index < -0.39 is 28.5 Å². The van der Waals surface area contributed by atoms with E-state index in [1.165, 1.54) is 17.0 Å². The summed E-state index contributed by atoms with van der Waals surface area (Å²) >= 11 is 6.83. The van der Waals surface area contributed by atoms with Gasteiger partial charge in [-0.3, -0.25) is 13.9 Å². The van der Waals surface area contributed by atoms with Gasteiger partial charge >= 0.3 is 0 Å². The molecule has 1 N–H and O–H groups in total. The summed E-state index contributed by atoms with van der Waals surface area (Å²) in [7, 11) is -4.08. The number of rotatable bonds is 11. The summed E-state index contributed by atoms with van der Waals surface area (Å²) in [6, 6.07) is 21.2. The average Bonchev–Trinajstić information content (AvgIpc) is 2.90. The molecule has 202 valence electrons. The van der Waals surface area contributed by atoms with Gasteiger partial charge in [-0.05, 0) is 74.4 Å². The van der Waals surface area contributed by atoms with Gasteiger partial charge in [-0.1, -0.05) is 69.1 Å². The Morgan fingerprint density at radius 2 is 1.55 bits per heavy atom. The molecule has 0 aliphatic carbocycles. The van der Waals surface area contributed by atoms with E-state index >= 15 is 0 Å². The van der Waals surface area contributed by atoms with Gasteiger partial charge in [-0.25, -0.2) is 8.42 Å². The first-order valence-electron chi connectivity index (χ1n) is 12.2. The van der Waals surface area contributed by atoms with Crippen molar-refractivity contribution >= 4 is 59.4 Å². The molecule has 0 aliphatic rings. The number of sulfonamides is 1. The van der Waals surface area contributed by atoms with Crippen LogP contribution in [0.15, 0.2) is 92.7 Å². The first kappa shape index (κ1) is 29.9. The number of hydrogen-bond donors (Lipinski definition) is 1. The normalized spacial score (nSPS) is 12.9. The van der Waals surface area contributed by atoms with Crippen molar-refractivity contribution in [3.8, 4) is 0 Å². The number of benzene rings is 3. The predicted octanol–water partition coefficient (Wildman–Crippen LogP) is 5.74. The summed E-state index contributed by atoms with van der Waals surface area (Å²) in [5.74, 6) is -0.803. The van der Waals surface area contributed by atoms with Crippen molar-refractivity contribution in [2.45, 2.75) is 50.7 Å². The molecule has 7 nitrogen and oxygen atoms in total. The minimum atomic E-state index is -4.08. The molecule has 0 heterocycles. The fourth-order valence-corrected chi connectivity index (χ4v) is 5.88. The lowest BCUT2D eigenvalue weighted by Gasteiger charge is -2.32. The van der Waals surface area contributed by atoms with E-state index in [9.17, 15) is 18.0 Å². The summed E-state index contributed by atoms with van der Waals surface area (Å²) in [4.78, 5) is 28.4. The Balaban J connectivity index is 2.01. The summed E-state index contributed by atoms with van der Waals surface area (Å²) in [5, 5.41) is 2.93. The van der Waals surface area contributed by atoms with E-state index in [1.807, 2.05) is 38.1 Å². The summed E-state index contributed by atoms with van der Waals surface area (Å²) in [6.45, 7) is 5.17. The molecular formula is C28H31Br2N3O4S. The van der Waals surface area contributed by atoms with E-state index in [0.29, 0.717) is 5.69 Å². The van der Waals surface area contributed by atoms with Crippen LogP contribution < -0.4 is 9.62 Å². The molecule has 0 fully saturated rings. The van der Waals surface area contributed by atoms with Gasteiger partial charge in [0.2, 0.25) is 11.8 Å². The summed E-state index contributed by atoms with van der Waals surface area (Å²) < 4.78 is 30.1. The monoisotopic (exact) mass is 663 g/mol. The molecule has 0 aliphatic heterocycles. The third kappa shape index (κ3) is 7.68. The molecule has 0 bridgehead atoms. The van der Waals surface area contributed by atoms with Gasteiger partial charge in [-0.2, -0.15) is 0 Å². The van der Waals surface area contributed by atoms with Gasteiger partial charge < -0.3 is 10.2 Å². The number of carbonyl (C=O) groups is 2. The van der Waals surface area contributed by atoms with Crippen LogP contribution in [0.25, 0.3) is 0 Å². The number of carbonyl (C=O) groups excluding carboxylic acids is 2. The lowest BCUT2D eigenvalue weighted by molar-refractivity contribution is -0.139. The van der Waals surface area contributed by atoms with Gasteiger partial charge in [0.25, 0.3) is 10.0 Å². The molecule has 0 aromatic heterocycles. The summed E-state index contributed by atoms with van der Waals surface area (Å²) in [6.07, 6.45) is 0.741. The topological polar surface area (TPSA) is 86.8 Å². The highest BCUT2D eigenvalue weighted by molar-refractivity contribution is 9.10. The highest BCUT2D eigenvalue weighted by atomic mass is 79.9. The van der Waals surface area contributed by atoms with E-state index in [-0.39, 0.29) is 23.4 Å². The second-order valence-electron chi connectivity index (χ2n) is 8.95. The number of hydrogen-bond acceptors (Lipinski definition) is 4. The second kappa shape index (κ2) is 13.4. The first-order valence-corrected chi connectivity index (χ1v) is 15.2. The van der Waals surface area contributed by atoms with E-state index in [0.717, 1.165) is 25.2 Å². The highest BCUT2D eigenvalue weighted by Gasteiger charge is 2.32. The largest absolute Gasteiger partial charge is 0.352 e. The molecule has 2 atom stereocenters. The van der Waals surface area contributed by atoms with E-state index in [2.05, 4.69) is 37.2 Å². The average molecular weight is 665 g/mol. The van der Waals surface area contributed by atoms with E-state index in [1.54, 1.807) is 49.4 Å². The molecule has 2 amide bonds. The van der Waals surface area contributed by atoms with Gasteiger partial charge in [-0.15, -0.1) is 0 Å². The third-order valence-corrected chi connectivity index (χ3v) is 8.94. The quantitative estimate of drug-likeness (QED) is 0.283. The fraction of sp³-hybridized carbons (Fsp3) is 0.286. The number of halogens is 2. The van der Waals surface area contributed by atoms with Crippen LogP contribution in [0, 0.1) is 0 Å². The van der Waals surface area contributed by atoms with Crippen molar-refractivity contribution in [2.75, 3.05) is 10.8 Å². The Bertz CT molecular complexity index is 1350. The molecular weight excluding hydrogens is 634 g/mol. The van der Waals surface area contributed by atoms with Crippen LogP contribution in [0.1, 0.15) is 32.8 Å². The lowest BCUT2D eigenvalue weighted by Crippen LogP contribution is -2.52. The summed E-state index contributed by atoms with van der Waals surface area (Å²) in [5.41, 5.74) is 1.14.